The van der Waals surface area contributed by atoms with Crippen LogP contribution in [0.2, 0.25) is 0 Å². The summed E-state index contributed by atoms with van der Waals surface area (Å²) >= 11 is 0. The highest BCUT2D eigenvalue weighted by molar-refractivity contribution is 5.82. The van der Waals surface area contributed by atoms with Gasteiger partial charge in [-0.2, -0.15) is 0 Å². The van der Waals surface area contributed by atoms with Gasteiger partial charge in [0.1, 0.15) is 5.75 Å². The maximum absolute atomic E-state index is 5.44. The van der Waals surface area contributed by atoms with E-state index in [-0.39, 0.29) is 0 Å². The van der Waals surface area contributed by atoms with Crippen LogP contribution in [0.25, 0.3) is 11.1 Å². The first-order chi connectivity index (χ1) is 9.86. The first kappa shape index (κ1) is 13.9. The van der Waals surface area contributed by atoms with Crippen LogP contribution in [-0.2, 0) is 0 Å². The van der Waals surface area contributed by atoms with Gasteiger partial charge in [-0.1, -0.05) is 48.6 Å². The molecule has 2 aromatic carbocycles. The molecule has 0 atom stereocenters. The fourth-order valence-electron chi connectivity index (χ4n) is 2.02. The molecule has 0 aromatic heterocycles. The van der Waals surface area contributed by atoms with E-state index in [1.165, 1.54) is 0 Å². The fourth-order valence-corrected chi connectivity index (χ4v) is 2.02. The van der Waals surface area contributed by atoms with Crippen LogP contribution in [0.3, 0.4) is 0 Å². The summed E-state index contributed by atoms with van der Waals surface area (Å²) in [7, 11) is 1.70. The minimum absolute atomic E-state index is 0.874. The van der Waals surface area contributed by atoms with Crippen LogP contribution in [-0.4, -0.2) is 7.11 Å². The molecule has 2 heteroatoms. The first-order valence-corrected chi connectivity index (χ1v) is 6.63. The second-order valence-corrected chi connectivity index (χ2v) is 4.28. The largest absolute Gasteiger partial charge is 0.496 e. The fraction of sp³-hybridized carbons (Fsp3) is 0.111. The number of rotatable bonds is 5. The number of allylic oxidation sites excluding steroid dienone is 3. The molecule has 2 aromatic rings. The summed E-state index contributed by atoms with van der Waals surface area (Å²) in [6, 6.07) is 16.2. The molecule has 1 N–H and O–H groups in total. The molecular formula is C18H19NO. The van der Waals surface area contributed by atoms with Crippen molar-refractivity contribution in [1.29, 1.82) is 0 Å². The second-order valence-electron chi connectivity index (χ2n) is 4.28. The number of nitrogens with one attached hydrogen (secondary N) is 1. The molecule has 0 aliphatic carbocycles. The van der Waals surface area contributed by atoms with E-state index in [0.717, 1.165) is 22.6 Å². The van der Waals surface area contributed by atoms with Crippen LogP contribution in [0, 0.1) is 0 Å². The molecule has 0 radical (unpaired) electrons. The van der Waals surface area contributed by atoms with E-state index in [1.807, 2.05) is 61.7 Å². The summed E-state index contributed by atoms with van der Waals surface area (Å²) in [5, 5.41) is 3.31. The van der Waals surface area contributed by atoms with Crippen molar-refractivity contribution in [1.82, 2.24) is 0 Å². The summed E-state index contributed by atoms with van der Waals surface area (Å²) in [5.74, 6) is 0.874. The number of ether oxygens (including phenoxy) is 1. The summed E-state index contributed by atoms with van der Waals surface area (Å²) in [6.07, 6.45) is 7.87. The van der Waals surface area contributed by atoms with Crippen LogP contribution < -0.4 is 10.1 Å². The molecule has 0 aliphatic rings. The zero-order valence-electron chi connectivity index (χ0n) is 11.8. The molecule has 102 valence electrons. The van der Waals surface area contributed by atoms with Crippen molar-refractivity contribution in [3.63, 3.8) is 0 Å². The van der Waals surface area contributed by atoms with Crippen molar-refractivity contribution >= 4 is 5.69 Å². The van der Waals surface area contributed by atoms with E-state index in [4.69, 9.17) is 4.74 Å². The molecule has 2 nitrogen and oxygen atoms in total. The van der Waals surface area contributed by atoms with Crippen LogP contribution >= 0.6 is 0 Å². The summed E-state index contributed by atoms with van der Waals surface area (Å²) < 4.78 is 5.44. The molecular weight excluding hydrogens is 246 g/mol. The van der Waals surface area contributed by atoms with Crippen molar-refractivity contribution in [2.24, 2.45) is 0 Å². The number of methoxy groups -OCH3 is 1. The molecule has 0 aliphatic heterocycles. The Bertz CT molecular complexity index is 614. The Morgan fingerprint density at radius 2 is 1.60 bits per heavy atom. The molecule has 0 saturated heterocycles. The maximum atomic E-state index is 5.44. The number of benzene rings is 2. The van der Waals surface area contributed by atoms with Gasteiger partial charge in [-0.15, -0.1) is 0 Å². The number of hydrogen-bond donors (Lipinski definition) is 1. The summed E-state index contributed by atoms with van der Waals surface area (Å²) in [4.78, 5) is 0. The van der Waals surface area contributed by atoms with Crippen molar-refractivity contribution < 1.29 is 4.74 Å². The lowest BCUT2D eigenvalue weighted by molar-refractivity contribution is 0.416. The molecule has 20 heavy (non-hydrogen) atoms. The van der Waals surface area contributed by atoms with Crippen molar-refractivity contribution in [3.05, 3.63) is 73.0 Å². The van der Waals surface area contributed by atoms with Gasteiger partial charge in [0.15, 0.2) is 0 Å². The van der Waals surface area contributed by atoms with E-state index >= 15 is 0 Å². The topological polar surface area (TPSA) is 21.3 Å². The van der Waals surface area contributed by atoms with Gasteiger partial charge in [-0.25, -0.2) is 0 Å². The first-order valence-electron chi connectivity index (χ1n) is 6.63. The Morgan fingerprint density at radius 1 is 0.900 bits per heavy atom. The Balaban J connectivity index is 2.36. The summed E-state index contributed by atoms with van der Waals surface area (Å²) in [5.41, 5.74) is 3.25. The highest BCUT2D eigenvalue weighted by atomic mass is 16.5. The van der Waals surface area contributed by atoms with Crippen LogP contribution in [0.5, 0.6) is 5.75 Å². The molecule has 0 heterocycles. The lowest BCUT2D eigenvalue weighted by Gasteiger charge is -2.12. The SMILES string of the molecule is C/C=C\C=C/Nc1ccccc1-c1ccccc1OC. The van der Waals surface area contributed by atoms with E-state index in [2.05, 4.69) is 23.5 Å². The van der Waals surface area contributed by atoms with Gasteiger partial charge in [0.25, 0.3) is 0 Å². The van der Waals surface area contributed by atoms with Gasteiger partial charge in [-0.3, -0.25) is 0 Å². The van der Waals surface area contributed by atoms with Gasteiger partial charge < -0.3 is 10.1 Å². The minimum Gasteiger partial charge on any atom is -0.496 e. The Hall–Kier alpha value is -2.48. The third kappa shape index (κ3) is 3.29. The Morgan fingerprint density at radius 3 is 2.35 bits per heavy atom. The summed E-state index contributed by atoms with van der Waals surface area (Å²) in [6.45, 7) is 1.99. The van der Waals surface area contributed by atoms with Gasteiger partial charge in [0.05, 0.1) is 7.11 Å². The Labute approximate surface area is 120 Å². The van der Waals surface area contributed by atoms with E-state index in [1.54, 1.807) is 7.11 Å². The van der Waals surface area contributed by atoms with E-state index < -0.39 is 0 Å². The monoisotopic (exact) mass is 265 g/mol. The average molecular weight is 265 g/mol. The number of hydrogen-bond acceptors (Lipinski definition) is 2. The van der Waals surface area contributed by atoms with Gasteiger partial charge in [0.2, 0.25) is 0 Å². The van der Waals surface area contributed by atoms with Crippen LogP contribution in [0.4, 0.5) is 5.69 Å². The molecule has 2 rings (SSSR count). The lowest BCUT2D eigenvalue weighted by atomic mass is 10.0. The standard InChI is InChI=1S/C18H19NO/c1-3-4-9-14-19-17-12-7-5-10-15(17)16-11-6-8-13-18(16)20-2/h3-14,19H,1-2H3/b4-3-,14-9-. The van der Waals surface area contributed by atoms with Gasteiger partial charge in [0, 0.05) is 23.0 Å². The predicted molar refractivity (Wildman–Crippen MR) is 86.0 cm³/mol. The zero-order chi connectivity index (χ0) is 14.2. The van der Waals surface area contributed by atoms with Crippen molar-refractivity contribution in [2.75, 3.05) is 12.4 Å². The smallest absolute Gasteiger partial charge is 0.126 e. The third-order valence-corrected chi connectivity index (χ3v) is 2.96. The number of anilines is 1. The highest BCUT2D eigenvalue weighted by Gasteiger charge is 2.08. The van der Waals surface area contributed by atoms with Gasteiger partial charge in [-0.05, 0) is 25.1 Å². The zero-order valence-corrected chi connectivity index (χ0v) is 11.8. The molecule has 0 spiro atoms. The third-order valence-electron chi connectivity index (χ3n) is 2.96. The quantitative estimate of drug-likeness (QED) is 0.779. The normalized spacial score (nSPS) is 11.1. The van der Waals surface area contributed by atoms with Crippen molar-refractivity contribution in [2.45, 2.75) is 6.92 Å². The lowest BCUT2D eigenvalue weighted by Crippen LogP contribution is -1.93. The molecule has 0 bridgehead atoms. The maximum Gasteiger partial charge on any atom is 0.126 e. The molecule has 0 saturated carbocycles. The average Bonchev–Trinajstić information content (AvgIpc) is 2.52. The minimum atomic E-state index is 0.874. The second kappa shape index (κ2) is 7.19. The highest BCUT2D eigenvalue weighted by Crippen LogP contribution is 2.34. The molecule has 0 amide bonds. The van der Waals surface area contributed by atoms with Crippen LogP contribution in [0.15, 0.2) is 73.0 Å². The molecule has 0 fully saturated rings. The Kier molecular flexibility index (Phi) is 5.01. The number of para-hydroxylation sites is 2. The van der Waals surface area contributed by atoms with E-state index in [9.17, 15) is 0 Å². The van der Waals surface area contributed by atoms with Crippen LogP contribution in [0.1, 0.15) is 6.92 Å². The van der Waals surface area contributed by atoms with E-state index in [0.29, 0.717) is 0 Å². The van der Waals surface area contributed by atoms with Gasteiger partial charge >= 0.3 is 0 Å². The van der Waals surface area contributed by atoms with Crippen molar-refractivity contribution in [3.8, 4) is 16.9 Å². The predicted octanol–water partition coefficient (Wildman–Crippen LogP) is 4.86. The molecule has 0 unspecified atom stereocenters.